The molecule has 0 amide bonds. The number of nitrogens with one attached hydrogen (secondary N) is 3. The molecule has 2 heterocycles. The van der Waals surface area contributed by atoms with Crippen molar-refractivity contribution in [1.29, 1.82) is 5.41 Å². The Bertz CT molecular complexity index is 1700. The SMILES string of the molecule is C[C@@H](c1cccc2c(-c3ccc(CS(C)(=O)=O)c(F)c3)c(C(=O)O)[nH]c12)n1cc(CNC(=N)N)oc1=O. The minimum absolute atomic E-state index is 0.0216. The highest BCUT2D eigenvalue weighted by Gasteiger charge is 2.24. The molecule has 0 saturated carbocycles. The molecule has 2 aromatic carbocycles. The van der Waals surface area contributed by atoms with Crippen LogP contribution in [0, 0.1) is 11.2 Å². The molecule has 0 radical (unpaired) electrons. The number of carboxylic acid groups (broad SMARTS) is 1. The second kappa shape index (κ2) is 9.58. The summed E-state index contributed by atoms with van der Waals surface area (Å²) in [6.07, 6.45) is 2.47. The van der Waals surface area contributed by atoms with Crippen LogP contribution in [0.3, 0.4) is 0 Å². The van der Waals surface area contributed by atoms with Crippen molar-refractivity contribution in [2.75, 3.05) is 6.26 Å². The monoisotopic (exact) mass is 529 g/mol. The zero-order valence-corrected chi connectivity index (χ0v) is 20.6. The van der Waals surface area contributed by atoms with Gasteiger partial charge in [-0.05, 0) is 24.1 Å². The lowest BCUT2D eigenvalue weighted by atomic mass is 9.98. The molecular formula is C24H24FN5O6S. The summed E-state index contributed by atoms with van der Waals surface area (Å²) in [7, 11) is -3.47. The molecular weight excluding hydrogens is 505 g/mol. The molecule has 0 saturated heterocycles. The van der Waals surface area contributed by atoms with Crippen LogP contribution in [-0.2, 0) is 22.1 Å². The molecule has 1 atom stereocenters. The highest BCUT2D eigenvalue weighted by Crippen LogP contribution is 2.37. The van der Waals surface area contributed by atoms with Crippen LogP contribution in [0.25, 0.3) is 22.0 Å². The Labute approximate surface area is 210 Å². The van der Waals surface area contributed by atoms with E-state index in [1.165, 1.54) is 22.9 Å². The van der Waals surface area contributed by atoms with Gasteiger partial charge in [0.25, 0.3) is 0 Å². The molecule has 0 unspecified atom stereocenters. The van der Waals surface area contributed by atoms with E-state index in [1.807, 2.05) is 0 Å². The van der Waals surface area contributed by atoms with Gasteiger partial charge in [0.1, 0.15) is 17.3 Å². The number of nitrogens with zero attached hydrogens (tertiary/aromatic N) is 1. The van der Waals surface area contributed by atoms with Gasteiger partial charge in [-0.2, -0.15) is 0 Å². The van der Waals surface area contributed by atoms with Gasteiger partial charge in [0, 0.05) is 22.8 Å². The Morgan fingerprint density at radius 2 is 2.05 bits per heavy atom. The number of oxazole rings is 1. The molecule has 4 rings (SSSR count). The molecule has 0 fully saturated rings. The number of hydrogen-bond donors (Lipinski definition) is 5. The molecule has 0 aliphatic carbocycles. The van der Waals surface area contributed by atoms with Crippen molar-refractivity contribution in [1.82, 2.24) is 14.9 Å². The summed E-state index contributed by atoms with van der Waals surface area (Å²) in [4.78, 5) is 27.5. The van der Waals surface area contributed by atoms with Crippen molar-refractivity contribution in [3.05, 3.63) is 81.5 Å². The zero-order valence-electron chi connectivity index (χ0n) is 19.8. The van der Waals surface area contributed by atoms with Crippen molar-refractivity contribution < 1.29 is 27.1 Å². The summed E-state index contributed by atoms with van der Waals surface area (Å²) in [5.41, 5.74) is 6.56. The number of aromatic amines is 1. The molecule has 0 bridgehead atoms. The summed E-state index contributed by atoms with van der Waals surface area (Å²) in [5, 5.41) is 20.2. The number of aromatic carboxylic acids is 1. The first-order valence-electron chi connectivity index (χ1n) is 11.0. The molecule has 6 N–H and O–H groups in total. The van der Waals surface area contributed by atoms with Crippen LogP contribution in [0.1, 0.15) is 40.3 Å². The Morgan fingerprint density at radius 3 is 2.68 bits per heavy atom. The molecule has 194 valence electrons. The van der Waals surface area contributed by atoms with Crippen molar-refractivity contribution in [2.24, 2.45) is 5.73 Å². The number of nitrogens with two attached hydrogens (primary N) is 1. The van der Waals surface area contributed by atoms with Crippen LogP contribution in [-0.4, -0.2) is 41.3 Å². The van der Waals surface area contributed by atoms with Gasteiger partial charge in [0.2, 0.25) is 0 Å². The number of aromatic nitrogens is 2. The summed E-state index contributed by atoms with van der Waals surface area (Å²) in [6, 6.07) is 8.41. The minimum Gasteiger partial charge on any atom is -0.477 e. The van der Waals surface area contributed by atoms with Crippen LogP contribution in [0.2, 0.25) is 0 Å². The number of guanidine groups is 1. The molecule has 13 heteroatoms. The minimum atomic E-state index is -3.47. The number of halogens is 1. The Morgan fingerprint density at radius 1 is 1.32 bits per heavy atom. The van der Waals surface area contributed by atoms with Crippen molar-refractivity contribution in [3.8, 4) is 11.1 Å². The third-order valence-electron chi connectivity index (χ3n) is 5.87. The number of hydrogen-bond acceptors (Lipinski definition) is 6. The normalized spacial score (nSPS) is 12.5. The lowest BCUT2D eigenvalue weighted by molar-refractivity contribution is 0.0692. The van der Waals surface area contributed by atoms with Crippen molar-refractivity contribution >= 4 is 32.7 Å². The number of carboxylic acids is 1. The van der Waals surface area contributed by atoms with Crippen LogP contribution in [0.4, 0.5) is 4.39 Å². The quantitative estimate of drug-likeness (QED) is 0.170. The van der Waals surface area contributed by atoms with E-state index in [9.17, 15) is 27.5 Å². The van der Waals surface area contributed by atoms with Gasteiger partial charge < -0.3 is 25.6 Å². The zero-order chi connectivity index (χ0) is 27.1. The fraction of sp³-hybridized carbons (Fsp3) is 0.208. The highest BCUT2D eigenvalue weighted by atomic mass is 32.2. The molecule has 0 aliphatic rings. The number of sulfone groups is 1. The first-order chi connectivity index (χ1) is 17.4. The predicted molar refractivity (Wildman–Crippen MR) is 135 cm³/mol. The fourth-order valence-corrected chi connectivity index (χ4v) is 5.03. The van der Waals surface area contributed by atoms with Crippen molar-refractivity contribution in [2.45, 2.75) is 25.3 Å². The molecule has 2 aromatic heterocycles. The van der Waals surface area contributed by atoms with E-state index < -0.39 is 39.2 Å². The molecule has 0 spiro atoms. The third-order valence-corrected chi connectivity index (χ3v) is 6.71. The Balaban J connectivity index is 1.82. The van der Waals surface area contributed by atoms with Gasteiger partial charge in [-0.25, -0.2) is 22.4 Å². The van der Waals surface area contributed by atoms with E-state index in [0.29, 0.717) is 16.5 Å². The third kappa shape index (κ3) is 5.26. The van der Waals surface area contributed by atoms with Crippen LogP contribution in [0.5, 0.6) is 0 Å². The number of H-pyrrole nitrogens is 1. The highest BCUT2D eigenvalue weighted by molar-refractivity contribution is 7.89. The van der Waals surface area contributed by atoms with Gasteiger partial charge in [-0.1, -0.05) is 30.3 Å². The van der Waals surface area contributed by atoms with E-state index in [1.54, 1.807) is 25.1 Å². The number of para-hydroxylation sites is 1. The molecule has 0 aliphatic heterocycles. The number of fused-ring (bicyclic) bond motifs is 1. The van der Waals surface area contributed by atoms with Crippen LogP contribution in [0.15, 0.2) is 51.8 Å². The smallest absolute Gasteiger partial charge is 0.419 e. The summed E-state index contributed by atoms with van der Waals surface area (Å²) < 4.78 is 44.5. The predicted octanol–water partition coefficient (Wildman–Crippen LogP) is 2.56. The maximum absolute atomic E-state index is 14.8. The average molecular weight is 530 g/mol. The Kier molecular flexibility index (Phi) is 6.65. The number of carbonyl (C=O) groups is 1. The van der Waals surface area contributed by atoms with E-state index in [0.717, 1.165) is 12.3 Å². The van der Waals surface area contributed by atoms with Crippen LogP contribution < -0.4 is 16.8 Å². The first-order valence-corrected chi connectivity index (χ1v) is 13.0. The van der Waals surface area contributed by atoms with Gasteiger partial charge in [0.15, 0.2) is 15.8 Å². The Hall–Kier alpha value is -4.39. The topological polar surface area (TPSA) is 184 Å². The molecule has 11 nitrogen and oxygen atoms in total. The standard InChI is InChI=1S/C24H24FN5O6S/c1-12(30-10-15(36-24(30)33)9-28-23(26)27)16-4-3-5-17-19(21(22(31)32)29-20(16)17)13-6-7-14(18(25)8-13)11-37(2,34)35/h3-8,10,12,29H,9,11H2,1-2H3,(H,31,32)(H4,26,27,28)/t12-/m0/s1. The van der Waals surface area contributed by atoms with E-state index >= 15 is 0 Å². The van der Waals surface area contributed by atoms with Crippen LogP contribution >= 0.6 is 0 Å². The van der Waals surface area contributed by atoms with Gasteiger partial charge in [-0.15, -0.1) is 0 Å². The van der Waals surface area contributed by atoms with Gasteiger partial charge >= 0.3 is 11.7 Å². The maximum atomic E-state index is 14.8. The fourth-order valence-electron chi connectivity index (χ4n) is 4.23. The second-order valence-electron chi connectivity index (χ2n) is 8.64. The average Bonchev–Trinajstić information content (AvgIpc) is 3.38. The number of benzene rings is 2. The van der Waals surface area contributed by atoms with E-state index in [-0.39, 0.29) is 40.6 Å². The van der Waals surface area contributed by atoms with Gasteiger partial charge in [0.05, 0.1) is 30.1 Å². The lowest BCUT2D eigenvalue weighted by Crippen LogP contribution is -2.29. The van der Waals surface area contributed by atoms with Crippen molar-refractivity contribution in [3.63, 3.8) is 0 Å². The summed E-state index contributed by atoms with van der Waals surface area (Å²) in [5.74, 6) is -3.21. The van der Waals surface area contributed by atoms with E-state index in [2.05, 4.69) is 10.3 Å². The largest absolute Gasteiger partial charge is 0.477 e. The lowest BCUT2D eigenvalue weighted by Gasteiger charge is -2.13. The van der Waals surface area contributed by atoms with Gasteiger partial charge in [-0.3, -0.25) is 9.98 Å². The molecule has 4 aromatic rings. The maximum Gasteiger partial charge on any atom is 0.419 e. The number of rotatable bonds is 8. The molecule has 37 heavy (non-hydrogen) atoms. The first kappa shape index (κ1) is 25.7. The van der Waals surface area contributed by atoms with E-state index in [4.69, 9.17) is 15.6 Å². The summed E-state index contributed by atoms with van der Waals surface area (Å²) in [6.45, 7) is 1.76. The summed E-state index contributed by atoms with van der Waals surface area (Å²) >= 11 is 0. The second-order valence-corrected chi connectivity index (χ2v) is 10.8.